The molecular weight excluding hydrogens is 354 g/mol. The summed E-state index contributed by atoms with van der Waals surface area (Å²) in [5, 5.41) is 0.912. The van der Waals surface area contributed by atoms with Gasteiger partial charge in [-0.05, 0) is 32.0 Å². The molecule has 1 N–H and O–H groups in total. The van der Waals surface area contributed by atoms with E-state index in [2.05, 4.69) is 24.8 Å². The number of H-pyrrole nitrogens is 1. The van der Waals surface area contributed by atoms with Crippen LogP contribution in [0.4, 0.5) is 5.82 Å². The molecule has 0 amide bonds. The van der Waals surface area contributed by atoms with Crippen molar-refractivity contribution in [2.45, 2.75) is 13.8 Å². The summed E-state index contributed by atoms with van der Waals surface area (Å²) in [5.41, 5.74) is 2.65. The Morgan fingerprint density at radius 2 is 1.93 bits per heavy atom. The third kappa shape index (κ3) is 3.71. The van der Waals surface area contributed by atoms with Crippen LogP contribution in [0.2, 0.25) is 0 Å². The lowest BCUT2D eigenvalue weighted by Crippen LogP contribution is -2.48. The van der Waals surface area contributed by atoms with Crippen molar-refractivity contribution in [2.75, 3.05) is 44.7 Å². The largest absolute Gasteiger partial charge is 0.497 e. The van der Waals surface area contributed by atoms with Crippen molar-refractivity contribution in [1.29, 1.82) is 0 Å². The molecule has 0 saturated carbocycles. The molecule has 1 aliphatic rings. The van der Waals surface area contributed by atoms with Gasteiger partial charge in [-0.1, -0.05) is 0 Å². The molecule has 3 heterocycles. The number of carbonyl (C=O) groups excluding carboxylic acids is 1. The minimum atomic E-state index is 0.127. The zero-order valence-electron chi connectivity index (χ0n) is 16.5. The van der Waals surface area contributed by atoms with Gasteiger partial charge in [-0.3, -0.25) is 9.69 Å². The smallest absolute Gasteiger partial charge is 0.178 e. The Morgan fingerprint density at radius 3 is 2.64 bits per heavy atom. The highest BCUT2D eigenvalue weighted by Gasteiger charge is 2.22. The summed E-state index contributed by atoms with van der Waals surface area (Å²) < 4.78 is 5.30. The van der Waals surface area contributed by atoms with Crippen LogP contribution in [-0.2, 0) is 0 Å². The monoisotopic (exact) mass is 379 g/mol. The molecule has 0 atom stereocenters. The molecule has 3 aromatic rings. The Morgan fingerprint density at radius 1 is 1.14 bits per heavy atom. The molecule has 1 aromatic carbocycles. The zero-order chi connectivity index (χ0) is 19.7. The molecule has 2 aromatic heterocycles. The van der Waals surface area contributed by atoms with E-state index in [0.29, 0.717) is 6.54 Å². The van der Waals surface area contributed by atoms with E-state index in [1.807, 2.05) is 38.1 Å². The van der Waals surface area contributed by atoms with Crippen molar-refractivity contribution >= 4 is 22.5 Å². The number of ether oxygens (including phenoxy) is 1. The number of ketones is 1. The fourth-order valence-corrected chi connectivity index (χ4v) is 3.74. The SMILES string of the molecule is COc1ccc2[nH]cc(C(=O)CN3CCN(c4cc(C)nc(C)n4)CC3)c2c1. The van der Waals surface area contributed by atoms with Crippen LogP contribution in [0.1, 0.15) is 21.9 Å². The molecule has 0 unspecified atom stereocenters. The van der Waals surface area contributed by atoms with Gasteiger partial charge in [-0.25, -0.2) is 9.97 Å². The first-order valence-electron chi connectivity index (χ1n) is 9.51. The van der Waals surface area contributed by atoms with Crippen LogP contribution in [0.15, 0.2) is 30.5 Å². The van der Waals surface area contributed by atoms with Gasteiger partial charge in [-0.15, -0.1) is 0 Å². The minimum Gasteiger partial charge on any atom is -0.497 e. The van der Waals surface area contributed by atoms with Crippen LogP contribution >= 0.6 is 0 Å². The van der Waals surface area contributed by atoms with E-state index in [1.54, 1.807) is 13.3 Å². The highest BCUT2D eigenvalue weighted by Crippen LogP contribution is 2.24. The number of benzene rings is 1. The Bertz CT molecular complexity index is 985. The standard InChI is InChI=1S/C21H25N5O2/c1-14-10-21(24-15(2)23-14)26-8-6-25(7-9-26)13-20(27)18-12-22-19-5-4-16(28-3)11-17(18)19/h4-5,10-12,22H,6-9,13H2,1-3H3. The van der Waals surface area contributed by atoms with Gasteiger partial charge in [0.1, 0.15) is 17.4 Å². The third-order valence-corrected chi connectivity index (χ3v) is 5.21. The maximum atomic E-state index is 12.9. The zero-order valence-corrected chi connectivity index (χ0v) is 16.5. The van der Waals surface area contributed by atoms with Gasteiger partial charge in [0, 0.05) is 60.6 Å². The number of aromatic nitrogens is 3. The number of rotatable bonds is 5. The number of aryl methyl sites for hydroxylation is 2. The fourth-order valence-electron chi connectivity index (χ4n) is 3.74. The van der Waals surface area contributed by atoms with Gasteiger partial charge in [0.2, 0.25) is 0 Å². The number of nitrogens with zero attached hydrogens (tertiary/aromatic N) is 4. The van der Waals surface area contributed by atoms with Gasteiger partial charge >= 0.3 is 0 Å². The molecule has 7 nitrogen and oxygen atoms in total. The average molecular weight is 379 g/mol. The van der Waals surface area contributed by atoms with E-state index in [9.17, 15) is 4.79 Å². The van der Waals surface area contributed by atoms with Crippen molar-refractivity contribution in [3.8, 4) is 5.75 Å². The molecule has 0 aliphatic carbocycles. The lowest BCUT2D eigenvalue weighted by Gasteiger charge is -2.35. The number of hydrogen-bond donors (Lipinski definition) is 1. The molecule has 0 bridgehead atoms. The Labute approximate surface area is 164 Å². The molecule has 0 spiro atoms. The van der Waals surface area contributed by atoms with Crippen LogP contribution in [0, 0.1) is 13.8 Å². The molecule has 146 valence electrons. The van der Waals surface area contributed by atoms with Crippen LogP contribution in [0.25, 0.3) is 10.9 Å². The van der Waals surface area contributed by atoms with Crippen LogP contribution in [0.3, 0.4) is 0 Å². The predicted octanol–water partition coefficient (Wildman–Crippen LogP) is 2.59. The summed E-state index contributed by atoms with van der Waals surface area (Å²) in [6.07, 6.45) is 1.80. The van der Waals surface area contributed by atoms with Crippen molar-refractivity contribution in [1.82, 2.24) is 19.9 Å². The molecule has 4 rings (SSSR count). The summed E-state index contributed by atoms with van der Waals surface area (Å²) in [7, 11) is 1.63. The Kier molecular flexibility index (Phi) is 5.00. The maximum absolute atomic E-state index is 12.9. The number of methoxy groups -OCH3 is 1. The lowest BCUT2D eigenvalue weighted by atomic mass is 10.1. The van der Waals surface area contributed by atoms with Crippen molar-refractivity contribution < 1.29 is 9.53 Å². The predicted molar refractivity (Wildman–Crippen MR) is 109 cm³/mol. The number of nitrogens with one attached hydrogen (secondary N) is 1. The number of hydrogen-bond acceptors (Lipinski definition) is 6. The minimum absolute atomic E-state index is 0.127. The van der Waals surface area contributed by atoms with Crippen molar-refractivity contribution in [2.24, 2.45) is 0 Å². The summed E-state index contributed by atoms with van der Waals surface area (Å²) in [5.74, 6) is 2.65. The molecule has 28 heavy (non-hydrogen) atoms. The van der Waals surface area contributed by atoms with Gasteiger partial charge in [-0.2, -0.15) is 0 Å². The fraction of sp³-hybridized carbons (Fsp3) is 0.381. The van der Waals surface area contributed by atoms with E-state index in [1.165, 1.54) is 0 Å². The lowest BCUT2D eigenvalue weighted by molar-refractivity contribution is 0.0928. The van der Waals surface area contributed by atoms with Gasteiger partial charge < -0.3 is 14.6 Å². The van der Waals surface area contributed by atoms with Gasteiger partial charge in [0.25, 0.3) is 0 Å². The molecule has 1 saturated heterocycles. The number of carbonyl (C=O) groups is 1. The highest BCUT2D eigenvalue weighted by atomic mass is 16.5. The first-order valence-corrected chi connectivity index (χ1v) is 9.51. The quantitative estimate of drug-likeness (QED) is 0.687. The third-order valence-electron chi connectivity index (χ3n) is 5.21. The Hall–Kier alpha value is -2.93. The van der Waals surface area contributed by atoms with Crippen LogP contribution in [0.5, 0.6) is 5.75 Å². The molecule has 0 radical (unpaired) electrons. The number of aromatic amines is 1. The normalized spacial score (nSPS) is 15.2. The number of fused-ring (bicyclic) bond motifs is 1. The maximum Gasteiger partial charge on any atom is 0.178 e. The summed E-state index contributed by atoms with van der Waals surface area (Å²) in [6, 6.07) is 7.77. The summed E-state index contributed by atoms with van der Waals surface area (Å²) in [6.45, 7) is 7.69. The van der Waals surface area contributed by atoms with Gasteiger partial charge in [0.15, 0.2) is 5.78 Å². The first-order chi connectivity index (χ1) is 13.5. The summed E-state index contributed by atoms with van der Waals surface area (Å²) >= 11 is 0. The van der Waals surface area contributed by atoms with Crippen LogP contribution < -0.4 is 9.64 Å². The van der Waals surface area contributed by atoms with E-state index < -0.39 is 0 Å². The molecular formula is C21H25N5O2. The first kappa shape index (κ1) is 18.4. The average Bonchev–Trinajstić information content (AvgIpc) is 3.11. The molecule has 7 heteroatoms. The van der Waals surface area contributed by atoms with Crippen LogP contribution in [-0.4, -0.2) is 65.5 Å². The molecule has 1 aliphatic heterocycles. The number of Topliss-reactive ketones (excluding diaryl/α,β-unsaturated/α-hetero) is 1. The van der Waals surface area contributed by atoms with Crippen molar-refractivity contribution in [3.63, 3.8) is 0 Å². The topological polar surface area (TPSA) is 74.4 Å². The van der Waals surface area contributed by atoms with E-state index >= 15 is 0 Å². The van der Waals surface area contributed by atoms with Gasteiger partial charge in [0.05, 0.1) is 13.7 Å². The second-order valence-electron chi connectivity index (χ2n) is 7.21. The van der Waals surface area contributed by atoms with E-state index in [0.717, 1.165) is 65.7 Å². The highest BCUT2D eigenvalue weighted by molar-refractivity contribution is 6.09. The molecule has 1 fully saturated rings. The van der Waals surface area contributed by atoms with E-state index in [-0.39, 0.29) is 5.78 Å². The second-order valence-corrected chi connectivity index (χ2v) is 7.21. The Balaban J connectivity index is 1.41. The second kappa shape index (κ2) is 7.59. The number of anilines is 1. The summed E-state index contributed by atoms with van der Waals surface area (Å²) in [4.78, 5) is 29.4. The van der Waals surface area contributed by atoms with E-state index in [4.69, 9.17) is 4.74 Å². The van der Waals surface area contributed by atoms with Crippen molar-refractivity contribution in [3.05, 3.63) is 47.5 Å². The number of piperazine rings is 1.